The summed E-state index contributed by atoms with van der Waals surface area (Å²) in [4.78, 5) is 6.70. The number of nitriles is 1. The van der Waals surface area contributed by atoms with Gasteiger partial charge >= 0.3 is 0 Å². The van der Waals surface area contributed by atoms with Gasteiger partial charge in [0.15, 0.2) is 0 Å². The van der Waals surface area contributed by atoms with E-state index in [0.29, 0.717) is 16.7 Å². The van der Waals surface area contributed by atoms with Crippen molar-refractivity contribution < 1.29 is 4.74 Å². The van der Waals surface area contributed by atoms with Crippen molar-refractivity contribution in [3.8, 4) is 16.9 Å². The lowest BCUT2D eigenvalue weighted by Crippen LogP contribution is -2.26. The third kappa shape index (κ3) is 4.67. The molecule has 0 saturated heterocycles. The Bertz CT molecular complexity index is 964. The molecule has 1 aliphatic rings. The summed E-state index contributed by atoms with van der Waals surface area (Å²) in [7, 11) is 2.02. The van der Waals surface area contributed by atoms with Crippen LogP contribution in [0.5, 0.6) is 10.8 Å². The minimum atomic E-state index is -0.0204. The summed E-state index contributed by atoms with van der Waals surface area (Å²) in [6.45, 7) is 10.5. The summed E-state index contributed by atoms with van der Waals surface area (Å²) >= 11 is 1.29. The number of aryl methyl sites for hydroxylation is 2. The Labute approximate surface area is 184 Å². The predicted octanol–water partition coefficient (Wildman–Crippen LogP) is 6.65. The molecule has 30 heavy (non-hydrogen) atoms. The zero-order valence-electron chi connectivity index (χ0n) is 19.0. The van der Waals surface area contributed by atoms with Gasteiger partial charge in [-0.2, -0.15) is 9.64 Å². The molecule has 0 radical (unpaired) electrons. The molecule has 1 heterocycles. The van der Waals surface area contributed by atoms with E-state index in [1.165, 1.54) is 30.8 Å². The number of benzene rings is 1. The first-order chi connectivity index (χ1) is 14.2. The van der Waals surface area contributed by atoms with Gasteiger partial charge in [0, 0.05) is 30.0 Å². The van der Waals surface area contributed by atoms with Crippen LogP contribution in [0.3, 0.4) is 0 Å². The molecule has 2 aromatic rings. The summed E-state index contributed by atoms with van der Waals surface area (Å²) in [5.41, 5.74) is 4.44. The highest BCUT2D eigenvalue weighted by molar-refractivity contribution is 7.08. The fourth-order valence-electron chi connectivity index (χ4n) is 3.83. The maximum atomic E-state index is 9.86. The summed E-state index contributed by atoms with van der Waals surface area (Å²) in [6.07, 6.45) is 7.69. The molecular weight excluding hydrogens is 392 g/mol. The highest BCUT2D eigenvalue weighted by Crippen LogP contribution is 2.44. The summed E-state index contributed by atoms with van der Waals surface area (Å²) in [6, 6.07) is 6.80. The van der Waals surface area contributed by atoms with Gasteiger partial charge in [0.05, 0.1) is 17.7 Å². The van der Waals surface area contributed by atoms with Crippen molar-refractivity contribution in [2.24, 2.45) is 4.99 Å². The van der Waals surface area contributed by atoms with Crippen LogP contribution < -0.4 is 4.74 Å². The van der Waals surface area contributed by atoms with Crippen molar-refractivity contribution in [1.29, 1.82) is 5.26 Å². The van der Waals surface area contributed by atoms with E-state index < -0.39 is 0 Å². The highest BCUT2D eigenvalue weighted by Gasteiger charge is 2.35. The van der Waals surface area contributed by atoms with Crippen molar-refractivity contribution in [2.45, 2.75) is 78.2 Å². The topological polar surface area (TPSA) is 61.5 Å². The molecule has 1 aliphatic carbocycles. The van der Waals surface area contributed by atoms with Gasteiger partial charge in [-0.25, -0.2) is 4.99 Å². The van der Waals surface area contributed by atoms with Crippen LogP contribution in [0.15, 0.2) is 17.1 Å². The lowest BCUT2D eigenvalue weighted by molar-refractivity contribution is 0.313. The molecule has 3 rings (SSSR count). The molecule has 1 aromatic carbocycles. The molecular formula is C24H32N4OS. The third-order valence-corrected chi connectivity index (χ3v) is 6.92. The lowest BCUT2D eigenvalue weighted by atomic mass is 9.72. The number of hydrogen-bond acceptors (Lipinski definition) is 5. The number of aliphatic imine (C=N–C) groups is 1. The van der Waals surface area contributed by atoms with E-state index >= 15 is 0 Å². The molecule has 160 valence electrons. The molecule has 1 saturated carbocycles. The highest BCUT2D eigenvalue weighted by atomic mass is 32.1. The summed E-state index contributed by atoms with van der Waals surface area (Å²) < 4.78 is 10.9. The second kappa shape index (κ2) is 9.18. The Morgan fingerprint density at radius 3 is 2.57 bits per heavy atom. The van der Waals surface area contributed by atoms with Crippen LogP contribution in [0.1, 0.15) is 75.3 Å². The van der Waals surface area contributed by atoms with Gasteiger partial charge in [-0.05, 0) is 63.8 Å². The maximum absolute atomic E-state index is 9.86. The Kier molecular flexibility index (Phi) is 6.82. The third-order valence-electron chi connectivity index (χ3n) is 6.19. The second-order valence-corrected chi connectivity index (χ2v) is 9.67. The molecule has 0 aliphatic heterocycles. The number of rotatable bonds is 6. The molecule has 0 atom stereocenters. The molecule has 0 bridgehead atoms. The molecule has 1 fully saturated rings. The average Bonchev–Trinajstić information content (AvgIpc) is 3.13. The first-order valence-electron chi connectivity index (χ1n) is 10.7. The number of nitrogens with zero attached hydrogens (tertiary/aromatic N) is 4. The number of ether oxygens (including phenoxy) is 1. The van der Waals surface area contributed by atoms with Gasteiger partial charge < -0.3 is 9.64 Å². The molecule has 0 spiro atoms. The molecule has 6 heteroatoms. The van der Waals surface area contributed by atoms with Crippen LogP contribution in [0.2, 0.25) is 0 Å². The SMILES string of the molecule is Cc1cc(Oc2snc(C3(C)CCCCC3)c2C#N)c(C)cc1/N=C\N(C)C(C)C. The summed E-state index contributed by atoms with van der Waals surface area (Å²) in [5, 5.41) is 10.5. The van der Waals surface area contributed by atoms with Crippen LogP contribution in [-0.4, -0.2) is 28.7 Å². The van der Waals surface area contributed by atoms with Gasteiger partial charge in [0.25, 0.3) is 0 Å². The van der Waals surface area contributed by atoms with Crippen LogP contribution >= 0.6 is 11.5 Å². The van der Waals surface area contributed by atoms with E-state index in [-0.39, 0.29) is 5.41 Å². The predicted molar refractivity (Wildman–Crippen MR) is 124 cm³/mol. The van der Waals surface area contributed by atoms with Gasteiger partial charge in [-0.1, -0.05) is 26.2 Å². The van der Waals surface area contributed by atoms with Crippen LogP contribution in [0.4, 0.5) is 5.69 Å². The Balaban J connectivity index is 1.87. The van der Waals surface area contributed by atoms with Crippen molar-refractivity contribution in [3.05, 3.63) is 34.5 Å². The Morgan fingerprint density at radius 2 is 1.93 bits per heavy atom. The lowest BCUT2D eigenvalue weighted by Gasteiger charge is -2.32. The summed E-state index contributed by atoms with van der Waals surface area (Å²) in [5.74, 6) is 0.754. The van der Waals surface area contributed by atoms with E-state index in [2.05, 4.69) is 41.1 Å². The second-order valence-electron chi connectivity index (χ2n) is 8.94. The molecule has 0 unspecified atom stereocenters. The quantitative estimate of drug-likeness (QED) is 0.385. The smallest absolute Gasteiger partial charge is 0.218 e. The van der Waals surface area contributed by atoms with Crippen molar-refractivity contribution in [2.75, 3.05) is 7.05 Å². The first-order valence-corrected chi connectivity index (χ1v) is 11.5. The monoisotopic (exact) mass is 424 g/mol. The number of aromatic nitrogens is 1. The normalized spacial score (nSPS) is 16.1. The Hall–Kier alpha value is -2.39. The molecule has 1 aromatic heterocycles. The minimum Gasteiger partial charge on any atom is -0.443 e. The zero-order chi connectivity index (χ0) is 21.9. The minimum absolute atomic E-state index is 0.0204. The van der Waals surface area contributed by atoms with Crippen LogP contribution in [0, 0.1) is 25.2 Å². The van der Waals surface area contributed by atoms with Gasteiger partial charge in [0.2, 0.25) is 5.06 Å². The van der Waals surface area contributed by atoms with Gasteiger partial charge in [-0.15, -0.1) is 0 Å². The average molecular weight is 425 g/mol. The van der Waals surface area contributed by atoms with E-state index in [1.54, 1.807) is 0 Å². The van der Waals surface area contributed by atoms with E-state index in [0.717, 1.165) is 41.1 Å². The van der Waals surface area contributed by atoms with Crippen molar-refractivity contribution in [3.63, 3.8) is 0 Å². The molecule has 0 amide bonds. The largest absolute Gasteiger partial charge is 0.443 e. The van der Waals surface area contributed by atoms with E-state index in [9.17, 15) is 5.26 Å². The molecule has 5 nitrogen and oxygen atoms in total. The van der Waals surface area contributed by atoms with Gasteiger partial charge in [0.1, 0.15) is 17.4 Å². The standard InChI is InChI=1S/C24H32N4OS/c1-16(2)28(6)15-26-20-12-18(4)21(13-17(20)3)29-23-19(14-25)22(27-30-23)24(5)10-8-7-9-11-24/h12-13,15-16H,7-11H2,1-6H3/b26-15-. The number of hydrogen-bond donors (Lipinski definition) is 0. The molecule has 0 N–H and O–H groups in total. The first kappa shape index (κ1) is 22.3. The maximum Gasteiger partial charge on any atom is 0.218 e. The van der Waals surface area contributed by atoms with Crippen LogP contribution in [0.25, 0.3) is 0 Å². The van der Waals surface area contributed by atoms with Gasteiger partial charge in [-0.3, -0.25) is 0 Å². The van der Waals surface area contributed by atoms with Crippen molar-refractivity contribution >= 4 is 23.6 Å². The zero-order valence-corrected chi connectivity index (χ0v) is 19.8. The van der Waals surface area contributed by atoms with Crippen LogP contribution in [-0.2, 0) is 5.41 Å². The van der Waals surface area contributed by atoms with E-state index in [4.69, 9.17) is 4.74 Å². The Morgan fingerprint density at radius 1 is 1.23 bits per heavy atom. The van der Waals surface area contributed by atoms with E-state index in [1.807, 2.05) is 39.4 Å². The van der Waals surface area contributed by atoms with Crippen molar-refractivity contribution in [1.82, 2.24) is 9.27 Å². The fourth-order valence-corrected chi connectivity index (χ4v) is 4.68. The fraction of sp³-hybridized carbons (Fsp3) is 0.542.